The number of hydrogen-bond donors (Lipinski definition) is 3. The predicted octanol–water partition coefficient (Wildman–Crippen LogP) is 4.04. The molecule has 2 aromatic rings. The zero-order chi connectivity index (χ0) is 30.2. The lowest BCUT2D eigenvalue weighted by atomic mass is 9.81. The molecule has 1 aliphatic carbocycles. The molecule has 0 unspecified atom stereocenters. The zero-order valence-corrected chi connectivity index (χ0v) is 24.9. The van der Waals surface area contributed by atoms with Gasteiger partial charge in [0.05, 0.1) is 16.3 Å². The minimum atomic E-state index is -3.98. The van der Waals surface area contributed by atoms with Crippen molar-refractivity contribution in [3.63, 3.8) is 0 Å². The Morgan fingerprint density at radius 2 is 1.63 bits per heavy atom. The highest BCUT2D eigenvalue weighted by Crippen LogP contribution is 2.38. The van der Waals surface area contributed by atoms with Gasteiger partial charge >= 0.3 is 12.2 Å². The number of anilines is 1. The second-order valence-electron chi connectivity index (χ2n) is 12.4. The van der Waals surface area contributed by atoms with E-state index in [0.717, 1.165) is 19.3 Å². The van der Waals surface area contributed by atoms with Gasteiger partial charge in [-0.05, 0) is 72.6 Å². The lowest BCUT2D eigenvalue weighted by Gasteiger charge is -2.35. The van der Waals surface area contributed by atoms with E-state index >= 15 is 0 Å². The second-order valence-corrected chi connectivity index (χ2v) is 14.4. The van der Waals surface area contributed by atoms with Gasteiger partial charge in [0.2, 0.25) is 17.7 Å². The van der Waals surface area contributed by atoms with Crippen molar-refractivity contribution in [2.24, 2.45) is 0 Å². The van der Waals surface area contributed by atoms with E-state index in [4.69, 9.17) is 13.9 Å². The summed E-state index contributed by atoms with van der Waals surface area (Å²) in [6.45, 7) is 10.3. The third kappa shape index (κ3) is 7.34. The first-order chi connectivity index (χ1) is 19.0. The minimum Gasteiger partial charge on any atom is -0.444 e. The van der Waals surface area contributed by atoms with E-state index in [-0.39, 0.29) is 22.4 Å². The lowest BCUT2D eigenvalue weighted by Crippen LogP contribution is -2.49. The molecular weight excluding hydrogens is 554 g/mol. The molecular formula is C27H37N5O8S. The number of nitrogens with zero attached hydrogens (tertiary/aromatic N) is 2. The van der Waals surface area contributed by atoms with Crippen LogP contribution in [0, 0.1) is 0 Å². The van der Waals surface area contributed by atoms with Crippen LogP contribution in [0.25, 0.3) is 11.5 Å². The van der Waals surface area contributed by atoms with Crippen LogP contribution in [0.5, 0.6) is 0 Å². The lowest BCUT2D eigenvalue weighted by molar-refractivity contribution is -0.117. The fourth-order valence-electron chi connectivity index (χ4n) is 4.77. The van der Waals surface area contributed by atoms with Crippen molar-refractivity contribution in [1.82, 2.24) is 20.8 Å². The van der Waals surface area contributed by atoms with Crippen LogP contribution in [0.1, 0.15) is 79.5 Å². The van der Waals surface area contributed by atoms with Gasteiger partial charge in [-0.15, -0.1) is 10.2 Å². The highest BCUT2D eigenvalue weighted by Gasteiger charge is 2.42. The van der Waals surface area contributed by atoms with Crippen molar-refractivity contribution in [3.05, 3.63) is 24.1 Å². The quantitative estimate of drug-likeness (QED) is 0.470. The maximum atomic E-state index is 13.1. The van der Waals surface area contributed by atoms with Gasteiger partial charge in [0.15, 0.2) is 9.84 Å². The van der Waals surface area contributed by atoms with Crippen LogP contribution in [-0.2, 0) is 29.6 Å². The number of sulfone groups is 1. The zero-order valence-electron chi connectivity index (χ0n) is 24.1. The largest absolute Gasteiger partial charge is 0.444 e. The third-order valence-electron chi connectivity index (χ3n) is 6.49. The maximum Gasteiger partial charge on any atom is 0.408 e. The molecule has 0 spiro atoms. The van der Waals surface area contributed by atoms with Gasteiger partial charge in [0, 0.05) is 5.56 Å². The molecule has 2 aliphatic rings. The van der Waals surface area contributed by atoms with Gasteiger partial charge in [0.25, 0.3) is 0 Å². The summed E-state index contributed by atoms with van der Waals surface area (Å²) in [6, 6.07) is 2.89. The maximum absolute atomic E-state index is 13.1. The van der Waals surface area contributed by atoms with Crippen LogP contribution in [-0.4, -0.2) is 59.7 Å². The first-order valence-electron chi connectivity index (χ1n) is 13.5. The van der Waals surface area contributed by atoms with Crippen LogP contribution in [0.2, 0.25) is 0 Å². The van der Waals surface area contributed by atoms with Gasteiger partial charge in [0.1, 0.15) is 22.8 Å². The van der Waals surface area contributed by atoms with E-state index < -0.39 is 56.5 Å². The van der Waals surface area contributed by atoms with Crippen molar-refractivity contribution in [3.8, 4) is 11.5 Å². The molecule has 14 heteroatoms. The molecule has 1 aromatic heterocycles. The molecule has 0 bridgehead atoms. The molecule has 1 fully saturated rings. The van der Waals surface area contributed by atoms with Crippen molar-refractivity contribution in [2.45, 2.75) is 101 Å². The molecule has 0 saturated heterocycles. The number of benzene rings is 1. The monoisotopic (exact) mass is 591 g/mol. The van der Waals surface area contributed by atoms with Gasteiger partial charge in [-0.3, -0.25) is 4.79 Å². The Kier molecular flexibility index (Phi) is 8.09. The summed E-state index contributed by atoms with van der Waals surface area (Å²) in [5.41, 5.74) is -2.05. The summed E-state index contributed by atoms with van der Waals surface area (Å²) >= 11 is 0. The number of rotatable bonds is 4. The standard InChI is InChI=1S/C27H37N5O8S/c1-25(2,3)39-23(34)29-18-15-41(36,37)19-11-10-16(14-17(19)28-20(18)33)21-31-32-22(38-21)27(12-8-7-9-13-27)30-24(35)40-26(4,5)6/h10-11,14,18H,7-9,12-13,15H2,1-6H3,(H,28,33)(H,29,34)(H,30,35)/t18-/m0/s1. The molecule has 1 aromatic carbocycles. The number of ether oxygens (including phenoxy) is 2. The van der Waals surface area contributed by atoms with E-state index in [9.17, 15) is 22.8 Å². The number of carbonyl (C=O) groups excluding carboxylic acids is 3. The SMILES string of the molecule is CC(C)(C)OC(=O)N[C@H]1CS(=O)(=O)c2ccc(-c3nnc(C4(NC(=O)OC(C)(C)C)CCCCC4)o3)cc2NC1=O. The summed E-state index contributed by atoms with van der Waals surface area (Å²) in [5.74, 6) is -1.07. The van der Waals surface area contributed by atoms with Crippen molar-refractivity contribution in [1.29, 1.82) is 0 Å². The van der Waals surface area contributed by atoms with Crippen LogP contribution < -0.4 is 16.0 Å². The fourth-order valence-corrected chi connectivity index (χ4v) is 6.35. The summed E-state index contributed by atoms with van der Waals surface area (Å²) in [5, 5.41) is 16.3. The molecule has 0 radical (unpaired) electrons. The molecule has 3 amide bonds. The van der Waals surface area contributed by atoms with Crippen molar-refractivity contribution >= 4 is 33.6 Å². The highest BCUT2D eigenvalue weighted by molar-refractivity contribution is 7.91. The number of amides is 3. The topological polar surface area (TPSA) is 179 Å². The Morgan fingerprint density at radius 3 is 2.27 bits per heavy atom. The van der Waals surface area contributed by atoms with Crippen molar-refractivity contribution < 1.29 is 36.7 Å². The minimum absolute atomic E-state index is 0.0139. The average Bonchev–Trinajstić information content (AvgIpc) is 3.29. The smallest absolute Gasteiger partial charge is 0.408 e. The van der Waals surface area contributed by atoms with Crippen LogP contribution in [0.3, 0.4) is 0 Å². The first kappa shape index (κ1) is 30.3. The highest BCUT2D eigenvalue weighted by atomic mass is 32.2. The molecule has 224 valence electrons. The molecule has 13 nitrogen and oxygen atoms in total. The normalized spacial score (nSPS) is 20.1. The first-order valence-corrected chi connectivity index (χ1v) is 15.1. The Labute approximate surface area is 239 Å². The number of hydrogen-bond acceptors (Lipinski definition) is 10. The van der Waals surface area contributed by atoms with Gasteiger partial charge < -0.3 is 29.8 Å². The Morgan fingerprint density at radius 1 is 1.00 bits per heavy atom. The van der Waals surface area contributed by atoms with E-state index in [2.05, 4.69) is 26.1 Å². The predicted molar refractivity (Wildman–Crippen MR) is 148 cm³/mol. The van der Waals surface area contributed by atoms with Crippen LogP contribution in [0.4, 0.5) is 15.3 Å². The Balaban J connectivity index is 1.60. The molecule has 4 rings (SSSR count). The molecule has 1 aliphatic heterocycles. The number of nitrogens with one attached hydrogen (secondary N) is 3. The second kappa shape index (κ2) is 11.0. The van der Waals surface area contributed by atoms with E-state index in [1.54, 1.807) is 41.5 Å². The number of fused-ring (bicyclic) bond motifs is 1. The molecule has 1 atom stereocenters. The molecule has 2 heterocycles. The van der Waals surface area contributed by atoms with Crippen LogP contribution >= 0.6 is 0 Å². The molecule has 41 heavy (non-hydrogen) atoms. The summed E-state index contributed by atoms with van der Waals surface area (Å²) < 4.78 is 42.9. The van der Waals surface area contributed by atoms with Gasteiger partial charge in [-0.25, -0.2) is 18.0 Å². The summed E-state index contributed by atoms with van der Waals surface area (Å²) in [7, 11) is -3.98. The third-order valence-corrected chi connectivity index (χ3v) is 8.29. The fraction of sp³-hybridized carbons (Fsp3) is 0.593. The van der Waals surface area contributed by atoms with Crippen molar-refractivity contribution in [2.75, 3.05) is 11.1 Å². The van der Waals surface area contributed by atoms with E-state index in [1.165, 1.54) is 18.2 Å². The Bertz CT molecular complexity index is 1430. The average molecular weight is 592 g/mol. The van der Waals surface area contributed by atoms with E-state index in [0.29, 0.717) is 18.4 Å². The van der Waals surface area contributed by atoms with Gasteiger partial charge in [-0.2, -0.15) is 0 Å². The summed E-state index contributed by atoms with van der Waals surface area (Å²) in [6.07, 6.45) is 2.35. The Hall–Kier alpha value is -3.68. The number of carbonyl (C=O) groups is 3. The van der Waals surface area contributed by atoms with Crippen LogP contribution in [0.15, 0.2) is 27.5 Å². The van der Waals surface area contributed by atoms with Gasteiger partial charge in [-0.1, -0.05) is 19.3 Å². The van der Waals surface area contributed by atoms with E-state index in [1.807, 2.05) is 0 Å². The molecule has 3 N–H and O–H groups in total. The summed E-state index contributed by atoms with van der Waals surface area (Å²) in [4.78, 5) is 37.7. The molecule has 1 saturated carbocycles. The number of alkyl carbamates (subject to hydrolysis) is 2. The number of aromatic nitrogens is 2.